The largest absolute Gasteiger partial charge is 0.368 e. The smallest absolute Gasteiger partial charge is 0.131 e. The molecule has 4 heteroatoms. The van der Waals surface area contributed by atoms with Crippen molar-refractivity contribution in [1.82, 2.24) is 4.98 Å². The molecule has 0 N–H and O–H groups in total. The summed E-state index contributed by atoms with van der Waals surface area (Å²) in [6.07, 6.45) is 1.64. The Morgan fingerprint density at radius 2 is 2.00 bits per heavy atom. The topological polar surface area (TPSA) is 16.1 Å². The van der Waals surface area contributed by atoms with Gasteiger partial charge in [-0.15, -0.1) is 0 Å². The number of rotatable bonds is 3. The second-order valence-electron chi connectivity index (χ2n) is 4.15. The molecule has 0 saturated heterocycles. The first kappa shape index (κ1) is 12.8. The van der Waals surface area contributed by atoms with Gasteiger partial charge >= 0.3 is 0 Å². The van der Waals surface area contributed by atoms with Crippen LogP contribution in [0, 0.1) is 5.82 Å². The molecule has 0 bridgehead atoms. The third-order valence-corrected chi connectivity index (χ3v) is 3.26. The third-order valence-electron chi connectivity index (χ3n) is 3.05. The molecule has 2 rings (SSSR count). The van der Waals surface area contributed by atoms with Crippen LogP contribution in [0.1, 0.15) is 18.5 Å². The van der Waals surface area contributed by atoms with Crippen molar-refractivity contribution >= 4 is 17.3 Å². The standard InChI is InChI=1S/C14H14ClFN2/c1-10(12-5-3-4-6-13(12)16)18(2)11-7-8-17-14(15)9-11/h3-10H,1-2H3. The molecule has 0 saturated carbocycles. The van der Waals surface area contributed by atoms with Crippen LogP contribution in [0.2, 0.25) is 5.15 Å². The molecule has 1 unspecified atom stereocenters. The molecule has 2 nitrogen and oxygen atoms in total. The van der Waals surface area contributed by atoms with Crippen molar-refractivity contribution in [2.45, 2.75) is 13.0 Å². The summed E-state index contributed by atoms with van der Waals surface area (Å²) in [5, 5.41) is 0.431. The average molecular weight is 265 g/mol. The van der Waals surface area contributed by atoms with Gasteiger partial charge in [-0.25, -0.2) is 9.37 Å². The first-order chi connectivity index (χ1) is 8.59. The van der Waals surface area contributed by atoms with Crippen molar-refractivity contribution in [1.29, 1.82) is 0 Å². The molecule has 1 heterocycles. The summed E-state index contributed by atoms with van der Waals surface area (Å²) in [7, 11) is 1.91. The molecule has 18 heavy (non-hydrogen) atoms. The van der Waals surface area contributed by atoms with Gasteiger partial charge in [-0.1, -0.05) is 29.8 Å². The van der Waals surface area contributed by atoms with E-state index in [1.165, 1.54) is 6.07 Å². The molecule has 0 aliphatic heterocycles. The van der Waals surface area contributed by atoms with E-state index < -0.39 is 0 Å². The van der Waals surface area contributed by atoms with Gasteiger partial charge in [0.25, 0.3) is 0 Å². The lowest BCUT2D eigenvalue weighted by Crippen LogP contribution is -2.22. The molecular formula is C14H14ClFN2. The zero-order valence-corrected chi connectivity index (χ0v) is 11.0. The molecule has 0 spiro atoms. The normalized spacial score (nSPS) is 12.2. The number of anilines is 1. The van der Waals surface area contributed by atoms with E-state index in [0.717, 1.165) is 5.69 Å². The fourth-order valence-electron chi connectivity index (χ4n) is 1.86. The van der Waals surface area contributed by atoms with Gasteiger partial charge in [0.2, 0.25) is 0 Å². The maximum absolute atomic E-state index is 13.7. The van der Waals surface area contributed by atoms with Gasteiger partial charge in [-0.05, 0) is 25.1 Å². The Balaban J connectivity index is 2.29. The fraction of sp³-hybridized carbons (Fsp3) is 0.214. The van der Waals surface area contributed by atoms with E-state index in [1.54, 1.807) is 24.4 Å². The quantitative estimate of drug-likeness (QED) is 0.777. The van der Waals surface area contributed by atoms with E-state index in [9.17, 15) is 4.39 Å². The minimum Gasteiger partial charge on any atom is -0.368 e. The van der Waals surface area contributed by atoms with E-state index in [-0.39, 0.29) is 11.9 Å². The summed E-state index contributed by atoms with van der Waals surface area (Å²) >= 11 is 5.86. The molecule has 2 aromatic rings. The lowest BCUT2D eigenvalue weighted by atomic mass is 10.1. The van der Waals surface area contributed by atoms with Crippen LogP contribution in [-0.2, 0) is 0 Å². The minimum absolute atomic E-state index is 0.0790. The Morgan fingerprint density at radius 3 is 2.67 bits per heavy atom. The number of nitrogens with zero attached hydrogens (tertiary/aromatic N) is 2. The Hall–Kier alpha value is -1.61. The summed E-state index contributed by atoms with van der Waals surface area (Å²) in [6, 6.07) is 10.3. The van der Waals surface area contributed by atoms with Crippen molar-refractivity contribution in [2.24, 2.45) is 0 Å². The third kappa shape index (κ3) is 2.62. The molecular weight excluding hydrogens is 251 g/mol. The molecule has 1 aromatic carbocycles. The first-order valence-corrected chi connectivity index (χ1v) is 6.06. The molecule has 0 aliphatic carbocycles. The van der Waals surface area contributed by atoms with E-state index in [4.69, 9.17) is 11.6 Å². The van der Waals surface area contributed by atoms with Gasteiger partial charge in [0.1, 0.15) is 11.0 Å². The van der Waals surface area contributed by atoms with Crippen LogP contribution in [0.4, 0.5) is 10.1 Å². The van der Waals surface area contributed by atoms with Gasteiger partial charge in [0, 0.05) is 24.5 Å². The maximum atomic E-state index is 13.7. The van der Waals surface area contributed by atoms with Gasteiger partial charge in [-0.3, -0.25) is 0 Å². The Labute approximate surface area is 111 Å². The molecule has 94 valence electrons. The van der Waals surface area contributed by atoms with Crippen LogP contribution < -0.4 is 4.90 Å². The van der Waals surface area contributed by atoms with Crippen molar-refractivity contribution < 1.29 is 4.39 Å². The highest BCUT2D eigenvalue weighted by Gasteiger charge is 2.15. The predicted octanol–water partition coefficient (Wildman–Crippen LogP) is 4.07. The summed E-state index contributed by atoms with van der Waals surface area (Å²) in [4.78, 5) is 5.90. The SMILES string of the molecule is CC(c1ccccc1F)N(C)c1ccnc(Cl)c1. The number of hydrogen-bond acceptors (Lipinski definition) is 2. The summed E-state index contributed by atoms with van der Waals surface area (Å²) in [5.74, 6) is -0.197. The number of pyridine rings is 1. The van der Waals surface area contributed by atoms with Crippen molar-refractivity contribution in [3.8, 4) is 0 Å². The van der Waals surface area contributed by atoms with Crippen molar-refractivity contribution in [3.63, 3.8) is 0 Å². The van der Waals surface area contributed by atoms with Crippen LogP contribution in [0.5, 0.6) is 0 Å². The summed E-state index contributed by atoms with van der Waals surface area (Å²) in [5.41, 5.74) is 1.57. The highest BCUT2D eigenvalue weighted by atomic mass is 35.5. The van der Waals surface area contributed by atoms with Gasteiger partial charge in [0.15, 0.2) is 0 Å². The van der Waals surface area contributed by atoms with Crippen LogP contribution in [0.25, 0.3) is 0 Å². The Morgan fingerprint density at radius 1 is 1.28 bits per heavy atom. The average Bonchev–Trinajstić information content (AvgIpc) is 2.37. The van der Waals surface area contributed by atoms with Crippen LogP contribution >= 0.6 is 11.6 Å². The predicted molar refractivity (Wildman–Crippen MR) is 72.5 cm³/mol. The monoisotopic (exact) mass is 264 g/mol. The number of hydrogen-bond donors (Lipinski definition) is 0. The van der Waals surface area contributed by atoms with Gasteiger partial charge in [-0.2, -0.15) is 0 Å². The van der Waals surface area contributed by atoms with Crippen LogP contribution in [0.15, 0.2) is 42.6 Å². The summed E-state index contributed by atoms with van der Waals surface area (Å²) < 4.78 is 13.7. The van der Waals surface area contributed by atoms with Crippen LogP contribution in [-0.4, -0.2) is 12.0 Å². The van der Waals surface area contributed by atoms with Gasteiger partial charge < -0.3 is 4.90 Å². The highest BCUT2D eigenvalue weighted by Crippen LogP contribution is 2.27. The van der Waals surface area contributed by atoms with E-state index >= 15 is 0 Å². The van der Waals surface area contributed by atoms with Crippen LogP contribution in [0.3, 0.4) is 0 Å². The molecule has 1 atom stereocenters. The Kier molecular flexibility index (Phi) is 3.82. The molecule has 0 radical (unpaired) electrons. The molecule has 1 aromatic heterocycles. The summed E-state index contributed by atoms with van der Waals surface area (Å²) in [6.45, 7) is 1.95. The highest BCUT2D eigenvalue weighted by molar-refractivity contribution is 6.29. The van der Waals surface area contributed by atoms with E-state index in [0.29, 0.717) is 10.7 Å². The fourth-order valence-corrected chi connectivity index (χ4v) is 2.03. The van der Waals surface area contributed by atoms with E-state index in [2.05, 4.69) is 4.98 Å². The second kappa shape index (κ2) is 5.36. The van der Waals surface area contributed by atoms with Crippen molar-refractivity contribution in [3.05, 3.63) is 59.1 Å². The molecule has 0 amide bonds. The maximum Gasteiger partial charge on any atom is 0.131 e. The molecule has 0 fully saturated rings. The van der Waals surface area contributed by atoms with Gasteiger partial charge in [0.05, 0.1) is 6.04 Å². The molecule has 0 aliphatic rings. The lowest BCUT2D eigenvalue weighted by molar-refractivity contribution is 0.585. The first-order valence-electron chi connectivity index (χ1n) is 5.68. The zero-order valence-electron chi connectivity index (χ0n) is 10.3. The second-order valence-corrected chi connectivity index (χ2v) is 4.53. The van der Waals surface area contributed by atoms with Crippen molar-refractivity contribution in [2.75, 3.05) is 11.9 Å². The lowest BCUT2D eigenvalue weighted by Gasteiger charge is -2.27. The number of benzene rings is 1. The zero-order chi connectivity index (χ0) is 13.1. The minimum atomic E-state index is -0.197. The Bertz CT molecular complexity index is 545. The van der Waals surface area contributed by atoms with E-state index in [1.807, 2.05) is 31.0 Å². The number of halogens is 2. The number of aromatic nitrogens is 1.